The molecule has 0 radical (unpaired) electrons. The lowest BCUT2D eigenvalue weighted by atomic mass is 9.97. The van der Waals surface area contributed by atoms with Gasteiger partial charge in [-0.2, -0.15) is 0 Å². The molecular weight excluding hydrogens is 420 g/mol. The highest BCUT2D eigenvalue weighted by molar-refractivity contribution is 7.18. The molecule has 1 N–H and O–H groups in total. The molecular formula is C23H25ClN2O3S. The van der Waals surface area contributed by atoms with Gasteiger partial charge in [-0.1, -0.05) is 31.0 Å². The summed E-state index contributed by atoms with van der Waals surface area (Å²) in [4.78, 5) is 22.3. The number of halogens is 1. The van der Waals surface area contributed by atoms with E-state index in [0.29, 0.717) is 29.0 Å². The Morgan fingerprint density at radius 2 is 2.13 bits per heavy atom. The molecule has 1 aliphatic rings. The Kier molecular flexibility index (Phi) is 6.44. The van der Waals surface area contributed by atoms with Crippen molar-refractivity contribution in [3.8, 4) is 11.5 Å². The number of rotatable bonds is 7. The maximum Gasteiger partial charge on any atom is 0.260 e. The molecule has 0 bridgehead atoms. The zero-order valence-corrected chi connectivity index (χ0v) is 18.8. The van der Waals surface area contributed by atoms with Crippen LogP contribution in [0.3, 0.4) is 0 Å². The van der Waals surface area contributed by atoms with Crippen molar-refractivity contribution in [3.05, 3.63) is 50.4 Å². The quantitative estimate of drug-likeness (QED) is 0.468. The number of ether oxygens (including phenoxy) is 2. The number of H-pyrrole nitrogens is 1. The monoisotopic (exact) mass is 444 g/mol. The smallest absolute Gasteiger partial charge is 0.260 e. The molecule has 0 amide bonds. The molecule has 0 saturated carbocycles. The second-order valence-corrected chi connectivity index (χ2v) is 8.90. The first kappa shape index (κ1) is 20.9. The summed E-state index contributed by atoms with van der Waals surface area (Å²) in [6.07, 6.45) is 8.09. The predicted octanol–water partition coefficient (Wildman–Crippen LogP) is 5.79. The minimum atomic E-state index is -0.112. The van der Waals surface area contributed by atoms with Crippen LogP contribution in [0.5, 0.6) is 11.5 Å². The number of nitrogens with zero attached hydrogens (tertiary/aromatic N) is 1. The summed E-state index contributed by atoms with van der Waals surface area (Å²) in [6.45, 7) is 2.75. The number of hydrogen-bond donors (Lipinski definition) is 1. The minimum Gasteiger partial charge on any atom is -0.493 e. The molecule has 30 heavy (non-hydrogen) atoms. The maximum atomic E-state index is 12.8. The second-order valence-electron chi connectivity index (χ2n) is 7.41. The molecule has 2 aromatic heterocycles. The number of fused-ring (bicyclic) bond motifs is 3. The number of benzene rings is 1. The van der Waals surface area contributed by atoms with E-state index in [1.165, 1.54) is 16.9 Å². The van der Waals surface area contributed by atoms with E-state index in [0.717, 1.165) is 47.9 Å². The zero-order chi connectivity index (χ0) is 21.1. The van der Waals surface area contributed by atoms with Crippen molar-refractivity contribution in [3.63, 3.8) is 0 Å². The lowest BCUT2D eigenvalue weighted by molar-refractivity contribution is 0.288. The standard InChI is InChI=1S/C23H25ClN2O3S/c1-3-4-11-29-18-13-14(9-10-17(18)28-2)12-16(24)21-25-22(27)20-15-7-5-6-8-19(15)30-23(20)26-21/h9-10,12-13H,3-8,11H2,1-2H3,(H,25,26,27)/b16-12-. The summed E-state index contributed by atoms with van der Waals surface area (Å²) < 4.78 is 11.2. The van der Waals surface area contributed by atoms with E-state index in [1.807, 2.05) is 18.2 Å². The fourth-order valence-corrected chi connectivity index (χ4v) is 5.19. The first-order chi connectivity index (χ1) is 14.6. The van der Waals surface area contributed by atoms with Gasteiger partial charge >= 0.3 is 0 Å². The minimum absolute atomic E-state index is 0.112. The van der Waals surface area contributed by atoms with E-state index in [4.69, 9.17) is 21.1 Å². The van der Waals surface area contributed by atoms with Gasteiger partial charge in [-0.05, 0) is 61.4 Å². The highest BCUT2D eigenvalue weighted by Crippen LogP contribution is 2.35. The molecule has 3 aromatic rings. The summed E-state index contributed by atoms with van der Waals surface area (Å²) in [6, 6.07) is 5.63. The van der Waals surface area contributed by atoms with E-state index >= 15 is 0 Å². The molecule has 1 aliphatic carbocycles. The molecule has 7 heteroatoms. The average molecular weight is 445 g/mol. The van der Waals surface area contributed by atoms with E-state index in [2.05, 4.69) is 16.9 Å². The molecule has 0 fully saturated rings. The van der Waals surface area contributed by atoms with Crippen molar-refractivity contribution in [2.75, 3.05) is 13.7 Å². The van der Waals surface area contributed by atoms with Gasteiger partial charge in [0.2, 0.25) is 0 Å². The average Bonchev–Trinajstić information content (AvgIpc) is 3.13. The molecule has 5 nitrogen and oxygen atoms in total. The number of hydrogen-bond acceptors (Lipinski definition) is 5. The fourth-order valence-electron chi connectivity index (χ4n) is 3.71. The lowest BCUT2D eigenvalue weighted by Crippen LogP contribution is -2.12. The largest absolute Gasteiger partial charge is 0.493 e. The van der Waals surface area contributed by atoms with Crippen molar-refractivity contribution >= 4 is 44.3 Å². The van der Waals surface area contributed by atoms with Crippen LogP contribution < -0.4 is 15.0 Å². The molecule has 4 rings (SSSR count). The van der Waals surface area contributed by atoms with Gasteiger partial charge in [-0.3, -0.25) is 4.79 Å². The predicted molar refractivity (Wildman–Crippen MR) is 124 cm³/mol. The Morgan fingerprint density at radius 3 is 2.93 bits per heavy atom. The molecule has 1 aromatic carbocycles. The van der Waals surface area contributed by atoms with Crippen molar-refractivity contribution in [1.82, 2.24) is 9.97 Å². The molecule has 0 aliphatic heterocycles. The summed E-state index contributed by atoms with van der Waals surface area (Å²) in [5, 5.41) is 1.11. The van der Waals surface area contributed by atoms with Crippen molar-refractivity contribution in [1.29, 1.82) is 0 Å². The van der Waals surface area contributed by atoms with E-state index in [9.17, 15) is 4.79 Å². The lowest BCUT2D eigenvalue weighted by Gasteiger charge is -2.11. The zero-order valence-electron chi connectivity index (χ0n) is 17.2. The first-order valence-corrected chi connectivity index (χ1v) is 11.5. The van der Waals surface area contributed by atoms with Crippen LogP contribution in [-0.2, 0) is 12.8 Å². The molecule has 0 spiro atoms. The maximum absolute atomic E-state index is 12.8. The number of aromatic amines is 1. The van der Waals surface area contributed by atoms with Crippen molar-refractivity contribution < 1.29 is 9.47 Å². The van der Waals surface area contributed by atoms with E-state index in [1.54, 1.807) is 24.5 Å². The van der Waals surface area contributed by atoms with Crippen LogP contribution in [0.4, 0.5) is 0 Å². The number of aromatic nitrogens is 2. The van der Waals surface area contributed by atoms with Gasteiger partial charge in [0.25, 0.3) is 5.56 Å². The van der Waals surface area contributed by atoms with E-state index < -0.39 is 0 Å². The topological polar surface area (TPSA) is 64.2 Å². The van der Waals surface area contributed by atoms with Crippen LogP contribution in [0, 0.1) is 0 Å². The van der Waals surface area contributed by atoms with Gasteiger partial charge in [-0.15, -0.1) is 11.3 Å². The van der Waals surface area contributed by atoms with Gasteiger partial charge in [0, 0.05) is 4.88 Å². The van der Waals surface area contributed by atoms with Crippen LogP contribution in [0.1, 0.15) is 54.4 Å². The fraction of sp³-hybridized carbons (Fsp3) is 0.391. The Bertz CT molecular complexity index is 1150. The third-order valence-electron chi connectivity index (χ3n) is 5.29. The summed E-state index contributed by atoms with van der Waals surface area (Å²) in [7, 11) is 1.62. The summed E-state index contributed by atoms with van der Waals surface area (Å²) in [5.41, 5.74) is 1.91. The summed E-state index contributed by atoms with van der Waals surface area (Å²) in [5.74, 6) is 1.74. The van der Waals surface area contributed by atoms with Crippen LogP contribution in [-0.4, -0.2) is 23.7 Å². The molecule has 158 valence electrons. The van der Waals surface area contributed by atoms with Crippen LogP contribution in [0.2, 0.25) is 0 Å². The Hall–Kier alpha value is -2.31. The van der Waals surface area contributed by atoms with Crippen molar-refractivity contribution in [2.45, 2.75) is 45.4 Å². The van der Waals surface area contributed by atoms with E-state index in [-0.39, 0.29) is 5.56 Å². The third-order valence-corrected chi connectivity index (χ3v) is 6.76. The number of nitrogens with one attached hydrogen (secondary N) is 1. The van der Waals surface area contributed by atoms with Crippen molar-refractivity contribution in [2.24, 2.45) is 0 Å². The van der Waals surface area contributed by atoms with Gasteiger partial charge < -0.3 is 14.5 Å². The second kappa shape index (κ2) is 9.23. The molecule has 0 unspecified atom stereocenters. The molecule has 2 heterocycles. The van der Waals surface area contributed by atoms with Gasteiger partial charge in [0.1, 0.15) is 4.83 Å². The van der Waals surface area contributed by atoms with Crippen LogP contribution in [0.25, 0.3) is 21.3 Å². The Morgan fingerprint density at radius 1 is 1.30 bits per heavy atom. The van der Waals surface area contributed by atoms with Gasteiger partial charge in [0.15, 0.2) is 17.3 Å². The van der Waals surface area contributed by atoms with Crippen LogP contribution >= 0.6 is 22.9 Å². The van der Waals surface area contributed by atoms with Crippen LogP contribution in [0.15, 0.2) is 23.0 Å². The highest BCUT2D eigenvalue weighted by Gasteiger charge is 2.20. The molecule has 0 atom stereocenters. The normalized spacial score (nSPS) is 14.0. The third kappa shape index (κ3) is 4.25. The number of unbranched alkanes of at least 4 members (excludes halogenated alkanes) is 1. The molecule has 0 saturated heterocycles. The number of thiophene rings is 1. The Labute approximate surface area is 184 Å². The summed E-state index contributed by atoms with van der Waals surface area (Å²) >= 11 is 8.17. The number of methoxy groups -OCH3 is 1. The van der Waals surface area contributed by atoms with Gasteiger partial charge in [-0.25, -0.2) is 4.98 Å². The highest BCUT2D eigenvalue weighted by atomic mass is 35.5. The van der Waals surface area contributed by atoms with Gasteiger partial charge in [0.05, 0.1) is 24.1 Å². The number of aryl methyl sites for hydroxylation is 2. The SMILES string of the molecule is CCCCOc1cc(/C=C(\Cl)c2nc3sc4c(c3c(=O)[nH]2)CCCC4)ccc1OC. The Balaban J connectivity index is 1.67. The first-order valence-electron chi connectivity index (χ1n) is 10.3.